The van der Waals surface area contributed by atoms with Crippen LogP contribution in [0.3, 0.4) is 0 Å². The zero-order chi connectivity index (χ0) is 17.2. The molecule has 6 nitrogen and oxygen atoms in total. The van der Waals surface area contributed by atoms with Gasteiger partial charge < -0.3 is 11.1 Å². The Morgan fingerprint density at radius 2 is 1.09 bits per heavy atom. The number of rotatable bonds is 11. The van der Waals surface area contributed by atoms with E-state index in [1.54, 1.807) is 0 Å². The summed E-state index contributed by atoms with van der Waals surface area (Å²) in [5.74, 6) is -0.352. The Labute approximate surface area is 132 Å². The van der Waals surface area contributed by atoms with Gasteiger partial charge in [-0.25, -0.2) is 0 Å². The summed E-state index contributed by atoms with van der Waals surface area (Å²) < 4.78 is 0. The van der Waals surface area contributed by atoms with Crippen molar-refractivity contribution in [1.82, 2.24) is 0 Å². The van der Waals surface area contributed by atoms with Crippen LogP contribution in [0.25, 0.3) is 11.1 Å². The molecule has 6 heteroatoms. The summed E-state index contributed by atoms with van der Waals surface area (Å²) in [6.07, 6.45) is 7.15. The van der Waals surface area contributed by atoms with E-state index in [9.17, 15) is 9.59 Å². The predicted octanol–water partition coefficient (Wildman–Crippen LogP) is 3.12. The molecular formula is C16H26N4O2. The minimum atomic E-state index is -0.515. The van der Waals surface area contributed by atoms with Gasteiger partial charge in [0, 0.05) is 10.8 Å². The molecule has 0 fully saturated rings. The standard InChI is InChI=1S/C16H26N4O2/c1-15(2,13(21)11-19-17)9-7-5-6-8-10-16(3,4)14(22)12-20-18/h11-12H,5-10H2,1-4H3. The van der Waals surface area contributed by atoms with Gasteiger partial charge >= 0.3 is 12.4 Å². The van der Waals surface area contributed by atoms with Crippen molar-refractivity contribution >= 4 is 24.0 Å². The Kier molecular flexibility index (Phi) is 8.39. The van der Waals surface area contributed by atoms with Crippen molar-refractivity contribution in [3.8, 4) is 0 Å². The van der Waals surface area contributed by atoms with Crippen LogP contribution in [0.1, 0.15) is 66.2 Å². The van der Waals surface area contributed by atoms with Crippen LogP contribution in [-0.4, -0.2) is 33.6 Å². The molecule has 0 rings (SSSR count). The molecule has 0 aromatic carbocycles. The summed E-state index contributed by atoms with van der Waals surface area (Å²) in [4.78, 5) is 28.9. The minimum Gasteiger partial charge on any atom is -0.361 e. The Morgan fingerprint density at radius 3 is 1.36 bits per heavy atom. The number of hydrogen-bond donors (Lipinski definition) is 0. The zero-order valence-electron chi connectivity index (χ0n) is 14.0. The van der Waals surface area contributed by atoms with E-state index < -0.39 is 10.8 Å². The Morgan fingerprint density at radius 1 is 0.773 bits per heavy atom. The van der Waals surface area contributed by atoms with Gasteiger partial charge in [-0.2, -0.15) is 9.58 Å². The van der Waals surface area contributed by atoms with Gasteiger partial charge in [0.05, 0.1) is 0 Å². The maximum Gasteiger partial charge on any atom is 0.323 e. The molecule has 122 valence electrons. The number of unbranched alkanes of at least 4 members (excludes halogenated alkanes) is 3. The molecule has 22 heavy (non-hydrogen) atoms. The molecule has 0 aromatic heterocycles. The fraction of sp³-hybridized carbons (Fsp3) is 0.750. The average molecular weight is 306 g/mol. The monoisotopic (exact) mass is 306 g/mol. The van der Waals surface area contributed by atoms with Gasteiger partial charge in [-0.3, -0.25) is 9.59 Å². The maximum absolute atomic E-state index is 11.7. The van der Waals surface area contributed by atoms with E-state index in [2.05, 4.69) is 9.58 Å². The van der Waals surface area contributed by atoms with E-state index in [1.807, 2.05) is 27.7 Å². The van der Waals surface area contributed by atoms with Crippen molar-refractivity contribution in [3.63, 3.8) is 0 Å². The van der Waals surface area contributed by atoms with E-state index in [-0.39, 0.29) is 11.6 Å². The van der Waals surface area contributed by atoms with E-state index in [1.165, 1.54) is 0 Å². The molecule has 0 bridgehead atoms. The highest BCUT2D eigenvalue weighted by molar-refractivity contribution is 6.27. The maximum atomic E-state index is 11.7. The van der Waals surface area contributed by atoms with Crippen molar-refractivity contribution in [2.75, 3.05) is 0 Å². The first kappa shape index (κ1) is 20.1. The molecule has 0 aliphatic rings. The molecule has 0 unspecified atom stereocenters. The molecule has 0 saturated carbocycles. The van der Waals surface area contributed by atoms with Gasteiger partial charge in [-0.05, 0) is 12.8 Å². The lowest BCUT2D eigenvalue weighted by Crippen LogP contribution is -2.26. The lowest BCUT2D eigenvalue weighted by atomic mass is 9.81. The summed E-state index contributed by atoms with van der Waals surface area (Å²) >= 11 is 0. The number of nitrogens with zero attached hydrogens (tertiary/aromatic N) is 4. The largest absolute Gasteiger partial charge is 0.361 e. The highest BCUT2D eigenvalue weighted by Gasteiger charge is 2.29. The second kappa shape index (κ2) is 9.19. The fourth-order valence-corrected chi connectivity index (χ4v) is 2.19. The molecular weight excluding hydrogens is 280 g/mol. The molecule has 0 spiro atoms. The first-order valence-corrected chi connectivity index (χ1v) is 7.61. The summed E-state index contributed by atoms with van der Waals surface area (Å²) in [7, 11) is 0. The lowest BCUT2D eigenvalue weighted by molar-refractivity contribution is -0.124. The summed E-state index contributed by atoms with van der Waals surface area (Å²) in [6, 6.07) is 0. The molecule has 0 radical (unpaired) electrons. The molecule has 0 N–H and O–H groups in total. The smallest absolute Gasteiger partial charge is 0.323 e. The van der Waals surface area contributed by atoms with Gasteiger partial charge in [0.25, 0.3) is 0 Å². The SMILES string of the molecule is CC(C)(CCCCCCC(C)(C)C(=O)C=[N+]=[N-])C(=O)C=[N+]=[N-]. The van der Waals surface area contributed by atoms with Crippen LogP contribution < -0.4 is 0 Å². The number of Topliss-reactive ketones (excluding diaryl/α,β-unsaturated/α-hetero) is 2. The number of carbonyl (C=O) groups is 2. The van der Waals surface area contributed by atoms with Crippen LogP contribution in [0, 0.1) is 10.8 Å². The van der Waals surface area contributed by atoms with Gasteiger partial charge in [0.2, 0.25) is 11.6 Å². The van der Waals surface area contributed by atoms with Crippen molar-refractivity contribution in [2.45, 2.75) is 66.2 Å². The Balaban J connectivity index is 4.05. The first-order chi connectivity index (χ1) is 10.2. The summed E-state index contributed by atoms with van der Waals surface area (Å²) in [6.45, 7) is 7.36. The van der Waals surface area contributed by atoms with Crippen molar-refractivity contribution in [1.29, 1.82) is 0 Å². The van der Waals surface area contributed by atoms with Crippen molar-refractivity contribution in [2.24, 2.45) is 10.8 Å². The molecule has 0 aromatic rings. The second-order valence-corrected chi connectivity index (χ2v) is 6.90. The summed E-state index contributed by atoms with van der Waals surface area (Å²) in [5.41, 5.74) is 15.8. The van der Waals surface area contributed by atoms with E-state index in [4.69, 9.17) is 11.1 Å². The van der Waals surface area contributed by atoms with Crippen LogP contribution >= 0.6 is 0 Å². The zero-order valence-corrected chi connectivity index (χ0v) is 14.0. The van der Waals surface area contributed by atoms with E-state index in [0.29, 0.717) is 0 Å². The number of ketones is 2. The van der Waals surface area contributed by atoms with Crippen LogP contribution in [0.5, 0.6) is 0 Å². The molecule has 0 atom stereocenters. The predicted molar refractivity (Wildman–Crippen MR) is 84.6 cm³/mol. The Hall–Kier alpha value is -1.90. The first-order valence-electron chi connectivity index (χ1n) is 7.61. The van der Waals surface area contributed by atoms with Crippen LogP contribution in [-0.2, 0) is 9.59 Å². The fourth-order valence-electron chi connectivity index (χ4n) is 2.19. The Bertz CT molecular complexity index is 450. The third kappa shape index (κ3) is 7.21. The molecule has 0 saturated heterocycles. The average Bonchev–Trinajstić information content (AvgIpc) is 2.43. The highest BCUT2D eigenvalue weighted by atomic mass is 16.1. The van der Waals surface area contributed by atoms with Crippen LogP contribution in [0.15, 0.2) is 0 Å². The van der Waals surface area contributed by atoms with Gasteiger partial charge in [-0.15, -0.1) is 0 Å². The van der Waals surface area contributed by atoms with Crippen molar-refractivity contribution in [3.05, 3.63) is 11.1 Å². The topological polar surface area (TPSA) is 107 Å². The van der Waals surface area contributed by atoms with Gasteiger partial charge in [0.15, 0.2) is 0 Å². The number of hydrogen-bond acceptors (Lipinski definition) is 2. The van der Waals surface area contributed by atoms with Crippen molar-refractivity contribution < 1.29 is 19.2 Å². The lowest BCUT2D eigenvalue weighted by Gasteiger charge is -2.20. The molecule has 0 heterocycles. The van der Waals surface area contributed by atoms with Gasteiger partial charge in [0.1, 0.15) is 0 Å². The molecule has 0 aliphatic carbocycles. The van der Waals surface area contributed by atoms with Gasteiger partial charge in [-0.1, -0.05) is 53.4 Å². The summed E-state index contributed by atoms with van der Waals surface area (Å²) in [5, 5.41) is 0. The normalized spacial score (nSPS) is 11.3. The van der Waals surface area contributed by atoms with Crippen LogP contribution in [0.2, 0.25) is 0 Å². The second-order valence-electron chi connectivity index (χ2n) is 6.90. The molecule has 0 aliphatic heterocycles. The molecule has 0 amide bonds. The van der Waals surface area contributed by atoms with Crippen LogP contribution in [0.4, 0.5) is 0 Å². The third-order valence-electron chi connectivity index (χ3n) is 4.04. The quantitative estimate of drug-likeness (QED) is 0.253. The number of carbonyl (C=O) groups excluding carboxylic acids is 2. The van der Waals surface area contributed by atoms with E-state index in [0.717, 1.165) is 51.0 Å². The highest BCUT2D eigenvalue weighted by Crippen LogP contribution is 2.27. The third-order valence-corrected chi connectivity index (χ3v) is 4.04. The van der Waals surface area contributed by atoms with E-state index >= 15 is 0 Å². The minimum absolute atomic E-state index is 0.176.